The van der Waals surface area contributed by atoms with Crippen LogP contribution in [-0.2, 0) is 6.54 Å². The first-order valence-electron chi connectivity index (χ1n) is 6.93. The molecule has 1 fully saturated rings. The Morgan fingerprint density at radius 2 is 2.05 bits per heavy atom. The fraction of sp³-hybridized carbons (Fsp3) is 0.429. The summed E-state index contributed by atoms with van der Waals surface area (Å²) in [4.78, 5) is 0. The lowest BCUT2D eigenvalue weighted by molar-refractivity contribution is 0.171. The summed E-state index contributed by atoms with van der Waals surface area (Å²) in [6, 6.07) is 6.48. The predicted molar refractivity (Wildman–Crippen MR) is 72.2 cm³/mol. The number of benzene rings is 1. The topological polar surface area (TPSA) is 61.2 Å². The summed E-state index contributed by atoms with van der Waals surface area (Å²) in [6.45, 7) is 1.96. The van der Waals surface area contributed by atoms with Crippen LogP contribution < -0.4 is 14.8 Å². The van der Waals surface area contributed by atoms with Gasteiger partial charge >= 0.3 is 0 Å². The molecular formula is C14H16N4O2. The van der Waals surface area contributed by atoms with Gasteiger partial charge in [0.15, 0.2) is 11.5 Å². The molecule has 6 heteroatoms. The predicted octanol–water partition coefficient (Wildman–Crippen LogP) is 1.29. The van der Waals surface area contributed by atoms with E-state index >= 15 is 0 Å². The summed E-state index contributed by atoms with van der Waals surface area (Å²) in [7, 11) is 0. The second-order valence-corrected chi connectivity index (χ2v) is 5.14. The molecule has 0 spiro atoms. The summed E-state index contributed by atoms with van der Waals surface area (Å²) in [6.07, 6.45) is 4.49. The van der Waals surface area contributed by atoms with Crippen molar-refractivity contribution in [3.8, 4) is 17.2 Å². The monoisotopic (exact) mass is 272 g/mol. The van der Waals surface area contributed by atoms with Crippen LogP contribution in [0, 0.1) is 0 Å². The first-order chi connectivity index (χ1) is 9.88. The van der Waals surface area contributed by atoms with E-state index in [0.29, 0.717) is 19.3 Å². The van der Waals surface area contributed by atoms with Crippen LogP contribution in [-0.4, -0.2) is 34.2 Å². The number of rotatable bonds is 4. The average Bonchev–Trinajstić information content (AvgIpc) is 3.21. The third-order valence-electron chi connectivity index (χ3n) is 3.48. The summed E-state index contributed by atoms with van der Waals surface area (Å²) < 4.78 is 12.9. The van der Waals surface area contributed by atoms with Crippen LogP contribution in [0.15, 0.2) is 24.4 Å². The molecule has 0 amide bonds. The van der Waals surface area contributed by atoms with Crippen molar-refractivity contribution in [1.82, 2.24) is 20.3 Å². The van der Waals surface area contributed by atoms with Gasteiger partial charge in [-0.2, -0.15) is 0 Å². The Balaban J connectivity index is 1.53. The first-order valence-corrected chi connectivity index (χ1v) is 6.93. The minimum Gasteiger partial charge on any atom is -0.486 e. The largest absolute Gasteiger partial charge is 0.486 e. The van der Waals surface area contributed by atoms with Crippen LogP contribution >= 0.6 is 0 Å². The molecule has 0 atom stereocenters. The van der Waals surface area contributed by atoms with Gasteiger partial charge in [-0.15, -0.1) is 5.10 Å². The molecule has 0 radical (unpaired) electrons. The zero-order valence-corrected chi connectivity index (χ0v) is 11.1. The molecule has 0 unspecified atom stereocenters. The van der Waals surface area contributed by atoms with Crippen molar-refractivity contribution < 1.29 is 9.47 Å². The van der Waals surface area contributed by atoms with Gasteiger partial charge in [0.1, 0.15) is 13.2 Å². The molecule has 1 aromatic heterocycles. The van der Waals surface area contributed by atoms with E-state index in [1.165, 1.54) is 12.8 Å². The van der Waals surface area contributed by atoms with Gasteiger partial charge < -0.3 is 14.8 Å². The van der Waals surface area contributed by atoms with Crippen LogP contribution in [0.4, 0.5) is 0 Å². The number of ether oxygens (including phenoxy) is 2. The van der Waals surface area contributed by atoms with Crippen molar-refractivity contribution >= 4 is 0 Å². The molecule has 1 N–H and O–H groups in total. The van der Waals surface area contributed by atoms with Gasteiger partial charge in [-0.05, 0) is 25.0 Å². The van der Waals surface area contributed by atoms with Crippen LogP contribution in [0.25, 0.3) is 5.69 Å². The molecule has 0 saturated heterocycles. The van der Waals surface area contributed by atoms with Gasteiger partial charge in [0.05, 0.1) is 17.6 Å². The van der Waals surface area contributed by atoms with Crippen molar-refractivity contribution in [2.45, 2.75) is 25.4 Å². The standard InChI is InChI=1S/C14H16N4O2/c1-2-10(1)15-8-11-9-18(17-16-11)12-3-4-13-14(7-12)20-6-5-19-13/h3-4,7,9-10,15H,1-2,5-6,8H2. The first kappa shape index (κ1) is 11.7. The van der Waals surface area contributed by atoms with Crippen molar-refractivity contribution in [3.63, 3.8) is 0 Å². The van der Waals surface area contributed by atoms with Crippen LogP contribution in [0.3, 0.4) is 0 Å². The van der Waals surface area contributed by atoms with E-state index in [9.17, 15) is 0 Å². The maximum Gasteiger partial charge on any atom is 0.163 e. The van der Waals surface area contributed by atoms with Gasteiger partial charge in [-0.25, -0.2) is 4.68 Å². The van der Waals surface area contributed by atoms with E-state index < -0.39 is 0 Å². The van der Waals surface area contributed by atoms with E-state index in [4.69, 9.17) is 9.47 Å². The zero-order chi connectivity index (χ0) is 13.4. The summed E-state index contributed by atoms with van der Waals surface area (Å²) in [5.74, 6) is 1.55. The van der Waals surface area contributed by atoms with Crippen molar-refractivity contribution in [3.05, 3.63) is 30.1 Å². The minimum atomic E-state index is 0.588. The molecule has 1 saturated carbocycles. The number of hydrogen-bond donors (Lipinski definition) is 1. The molecule has 104 valence electrons. The molecule has 1 aliphatic carbocycles. The zero-order valence-electron chi connectivity index (χ0n) is 11.1. The highest BCUT2D eigenvalue weighted by molar-refractivity contribution is 5.49. The van der Waals surface area contributed by atoms with Crippen molar-refractivity contribution in [2.75, 3.05) is 13.2 Å². The van der Waals surface area contributed by atoms with E-state index in [-0.39, 0.29) is 0 Å². The van der Waals surface area contributed by atoms with Crippen molar-refractivity contribution in [1.29, 1.82) is 0 Å². The Kier molecular flexibility index (Phi) is 2.81. The van der Waals surface area contributed by atoms with Gasteiger partial charge in [-0.1, -0.05) is 5.21 Å². The van der Waals surface area contributed by atoms with Gasteiger partial charge in [0.25, 0.3) is 0 Å². The average molecular weight is 272 g/mol. The molecule has 20 heavy (non-hydrogen) atoms. The molecule has 6 nitrogen and oxygen atoms in total. The Morgan fingerprint density at radius 3 is 2.90 bits per heavy atom. The SMILES string of the molecule is c1cc2c(cc1-n1cc(CNC3CC3)nn1)OCCO2. The highest BCUT2D eigenvalue weighted by Gasteiger charge is 2.20. The lowest BCUT2D eigenvalue weighted by Crippen LogP contribution is -2.15. The molecule has 4 rings (SSSR count). The Morgan fingerprint density at radius 1 is 1.20 bits per heavy atom. The summed E-state index contributed by atoms with van der Waals surface area (Å²) >= 11 is 0. The van der Waals surface area contributed by atoms with Gasteiger partial charge in [-0.3, -0.25) is 0 Å². The summed E-state index contributed by atoms with van der Waals surface area (Å²) in [5.41, 5.74) is 1.88. The molecule has 2 aliphatic rings. The number of hydrogen-bond acceptors (Lipinski definition) is 5. The van der Waals surface area contributed by atoms with E-state index in [1.807, 2.05) is 24.4 Å². The smallest absolute Gasteiger partial charge is 0.163 e. The maximum absolute atomic E-state index is 5.58. The lowest BCUT2D eigenvalue weighted by Gasteiger charge is -2.18. The van der Waals surface area contributed by atoms with Gasteiger partial charge in [0, 0.05) is 18.7 Å². The summed E-state index contributed by atoms with van der Waals surface area (Å²) in [5, 5.41) is 11.8. The fourth-order valence-corrected chi connectivity index (χ4v) is 2.22. The minimum absolute atomic E-state index is 0.588. The Hall–Kier alpha value is -2.08. The van der Waals surface area contributed by atoms with E-state index in [1.54, 1.807) is 4.68 Å². The number of aromatic nitrogens is 3. The van der Waals surface area contributed by atoms with E-state index in [2.05, 4.69) is 15.6 Å². The molecule has 2 aromatic rings. The highest BCUT2D eigenvalue weighted by Crippen LogP contribution is 2.31. The lowest BCUT2D eigenvalue weighted by atomic mass is 10.2. The third kappa shape index (κ3) is 2.34. The molecule has 1 aliphatic heterocycles. The highest BCUT2D eigenvalue weighted by atomic mass is 16.6. The molecular weight excluding hydrogens is 256 g/mol. The Bertz CT molecular complexity index is 621. The Labute approximate surface area is 116 Å². The van der Waals surface area contributed by atoms with Crippen LogP contribution in [0.5, 0.6) is 11.5 Å². The second-order valence-electron chi connectivity index (χ2n) is 5.14. The maximum atomic E-state index is 5.58. The molecule has 2 heterocycles. The van der Waals surface area contributed by atoms with Crippen LogP contribution in [0.2, 0.25) is 0 Å². The molecule has 1 aromatic carbocycles. The quantitative estimate of drug-likeness (QED) is 0.908. The third-order valence-corrected chi connectivity index (χ3v) is 3.48. The number of nitrogens with one attached hydrogen (secondary N) is 1. The fourth-order valence-electron chi connectivity index (χ4n) is 2.22. The van der Waals surface area contributed by atoms with Crippen molar-refractivity contribution in [2.24, 2.45) is 0 Å². The van der Waals surface area contributed by atoms with E-state index in [0.717, 1.165) is 29.4 Å². The van der Waals surface area contributed by atoms with Gasteiger partial charge in [0.2, 0.25) is 0 Å². The number of nitrogens with zero attached hydrogens (tertiary/aromatic N) is 3. The second kappa shape index (κ2) is 4.79. The normalized spacial score (nSPS) is 17.2. The van der Waals surface area contributed by atoms with Crippen LogP contribution in [0.1, 0.15) is 18.5 Å². The molecule has 0 bridgehead atoms. The number of fused-ring (bicyclic) bond motifs is 1.